The average Bonchev–Trinajstić information content (AvgIpc) is 2.47. The van der Waals surface area contributed by atoms with Crippen molar-refractivity contribution in [3.05, 3.63) is 42.1 Å². The second-order valence-electron chi connectivity index (χ2n) is 6.36. The van der Waals surface area contributed by atoms with Crippen LogP contribution in [-0.2, 0) is 16.4 Å². The van der Waals surface area contributed by atoms with Gasteiger partial charge in [-0.3, -0.25) is 0 Å². The zero-order chi connectivity index (χ0) is 16.2. The molecule has 122 valence electrons. The lowest BCUT2D eigenvalue weighted by Crippen LogP contribution is -2.25. The Labute approximate surface area is 133 Å². The Morgan fingerprint density at radius 1 is 1.32 bits per heavy atom. The van der Waals surface area contributed by atoms with E-state index in [2.05, 4.69) is 18.8 Å². The van der Waals surface area contributed by atoms with Gasteiger partial charge in [0.05, 0.1) is 4.90 Å². The number of hydrogen-bond donors (Lipinski definition) is 2. The minimum Gasteiger partial charge on any atom is -0.388 e. The molecule has 2 rings (SSSR count). The van der Waals surface area contributed by atoms with Crippen LogP contribution in [0.3, 0.4) is 0 Å². The molecule has 22 heavy (non-hydrogen) atoms. The van der Waals surface area contributed by atoms with E-state index < -0.39 is 10.0 Å². The van der Waals surface area contributed by atoms with Crippen molar-refractivity contribution in [3.63, 3.8) is 0 Å². The number of rotatable bonds is 6. The number of nitrogens with one attached hydrogen (secondary N) is 1. The minimum atomic E-state index is -3.60. The molecule has 1 aromatic rings. The van der Waals surface area contributed by atoms with Crippen molar-refractivity contribution in [3.8, 4) is 0 Å². The second kappa shape index (κ2) is 7.29. The Hall–Kier alpha value is -1.33. The lowest BCUT2D eigenvalue weighted by atomic mass is 9.81. The first-order valence-electron chi connectivity index (χ1n) is 7.90. The van der Waals surface area contributed by atoms with Gasteiger partial charge in [-0.2, -0.15) is 0 Å². The molecule has 0 heterocycles. The molecule has 1 aromatic carbocycles. The van der Waals surface area contributed by atoms with Gasteiger partial charge >= 0.3 is 0 Å². The molecule has 0 spiro atoms. The van der Waals surface area contributed by atoms with Crippen LogP contribution in [0.25, 0.3) is 0 Å². The van der Waals surface area contributed by atoms with Crippen molar-refractivity contribution in [2.45, 2.75) is 43.9 Å². The van der Waals surface area contributed by atoms with Crippen molar-refractivity contribution < 1.29 is 8.42 Å². The highest BCUT2D eigenvalue weighted by Gasteiger charge is 2.20. The molecule has 1 aliphatic rings. The topological polar surface area (TPSA) is 72.2 Å². The van der Waals surface area contributed by atoms with E-state index in [0.29, 0.717) is 5.92 Å². The molecule has 0 bridgehead atoms. The summed E-state index contributed by atoms with van der Waals surface area (Å²) in [6.45, 7) is 7.31. The summed E-state index contributed by atoms with van der Waals surface area (Å²) in [4.78, 5) is 0.157. The molecule has 1 fully saturated rings. The first kappa shape index (κ1) is 17.0. The van der Waals surface area contributed by atoms with Crippen LogP contribution in [0.5, 0.6) is 0 Å². The van der Waals surface area contributed by atoms with E-state index in [1.807, 2.05) is 12.1 Å². The number of nitrogens with two attached hydrogens (primary N) is 1. The maximum absolute atomic E-state index is 11.2. The van der Waals surface area contributed by atoms with Crippen molar-refractivity contribution in [2.24, 2.45) is 17.0 Å². The van der Waals surface area contributed by atoms with Crippen molar-refractivity contribution >= 4 is 10.0 Å². The molecular weight excluding hydrogens is 296 g/mol. The molecule has 0 aliphatic heterocycles. The summed E-state index contributed by atoms with van der Waals surface area (Å²) in [5.74, 6) is 1.39. The number of primary sulfonamides is 1. The van der Waals surface area contributed by atoms with Gasteiger partial charge in [-0.05, 0) is 48.8 Å². The molecule has 0 amide bonds. The molecule has 2 atom stereocenters. The van der Waals surface area contributed by atoms with Crippen molar-refractivity contribution in [2.75, 3.05) is 6.54 Å². The molecule has 5 heteroatoms. The Morgan fingerprint density at radius 3 is 2.59 bits per heavy atom. The number of benzene rings is 1. The molecule has 0 aromatic heterocycles. The van der Waals surface area contributed by atoms with Gasteiger partial charge in [-0.1, -0.05) is 38.5 Å². The standard InChI is InChI=1S/C17H26N2O2S/c1-13-4-3-5-16(12-13)14(2)19-11-10-15-6-8-17(9-7-15)22(18,20)21/h6-9,13,16,19H,2-5,10-12H2,1H3,(H2,18,20,21). The summed E-state index contributed by atoms with van der Waals surface area (Å²) in [7, 11) is -3.60. The fourth-order valence-corrected chi connectivity index (χ4v) is 3.62. The molecule has 4 nitrogen and oxygen atoms in total. The molecule has 3 N–H and O–H groups in total. The average molecular weight is 322 g/mol. The van der Waals surface area contributed by atoms with E-state index in [-0.39, 0.29) is 4.90 Å². The molecule has 2 unspecified atom stereocenters. The van der Waals surface area contributed by atoms with Gasteiger partial charge in [0.15, 0.2) is 0 Å². The van der Waals surface area contributed by atoms with Crippen LogP contribution in [0.2, 0.25) is 0 Å². The van der Waals surface area contributed by atoms with Crippen molar-refractivity contribution in [1.29, 1.82) is 0 Å². The first-order valence-corrected chi connectivity index (χ1v) is 9.45. The zero-order valence-electron chi connectivity index (χ0n) is 13.2. The van der Waals surface area contributed by atoms with Crippen LogP contribution < -0.4 is 10.5 Å². The van der Waals surface area contributed by atoms with E-state index in [9.17, 15) is 8.42 Å². The monoisotopic (exact) mass is 322 g/mol. The van der Waals surface area contributed by atoms with E-state index in [1.165, 1.54) is 25.7 Å². The van der Waals surface area contributed by atoms with Crippen LogP contribution in [0.1, 0.15) is 38.2 Å². The number of sulfonamides is 1. The summed E-state index contributed by atoms with van der Waals surface area (Å²) in [5.41, 5.74) is 2.23. The highest BCUT2D eigenvalue weighted by atomic mass is 32.2. The molecule has 0 saturated heterocycles. The van der Waals surface area contributed by atoms with Crippen molar-refractivity contribution in [1.82, 2.24) is 5.32 Å². The number of allylic oxidation sites excluding steroid dienone is 1. The highest BCUT2D eigenvalue weighted by molar-refractivity contribution is 7.89. The third kappa shape index (κ3) is 4.85. The van der Waals surface area contributed by atoms with Gasteiger partial charge in [0.1, 0.15) is 0 Å². The van der Waals surface area contributed by atoms with E-state index in [4.69, 9.17) is 5.14 Å². The SMILES string of the molecule is C=C(NCCc1ccc(S(N)(=O)=O)cc1)C1CCCC(C)C1. The summed E-state index contributed by atoms with van der Waals surface area (Å²) >= 11 is 0. The third-order valence-electron chi connectivity index (χ3n) is 4.45. The van der Waals surface area contributed by atoms with Gasteiger partial charge in [-0.25, -0.2) is 13.6 Å². The van der Waals surface area contributed by atoms with Gasteiger partial charge in [0, 0.05) is 12.2 Å². The maximum Gasteiger partial charge on any atom is 0.238 e. The highest BCUT2D eigenvalue weighted by Crippen LogP contribution is 2.31. The lowest BCUT2D eigenvalue weighted by Gasteiger charge is -2.28. The molecule has 1 aliphatic carbocycles. The normalized spacial score (nSPS) is 22.3. The Bertz CT molecular complexity index is 608. The Morgan fingerprint density at radius 2 is 2.00 bits per heavy atom. The van der Waals surface area contributed by atoms with E-state index >= 15 is 0 Å². The van der Waals surface area contributed by atoms with Crippen LogP contribution >= 0.6 is 0 Å². The third-order valence-corrected chi connectivity index (χ3v) is 5.38. The van der Waals surface area contributed by atoms with Gasteiger partial charge in [0.25, 0.3) is 0 Å². The predicted molar refractivity (Wildman–Crippen MR) is 89.8 cm³/mol. The van der Waals surface area contributed by atoms with E-state index in [1.54, 1.807) is 12.1 Å². The quantitative estimate of drug-likeness (QED) is 0.846. The van der Waals surface area contributed by atoms with Gasteiger partial charge in [-0.15, -0.1) is 0 Å². The summed E-state index contributed by atoms with van der Waals surface area (Å²) in [6, 6.07) is 6.74. The second-order valence-corrected chi connectivity index (χ2v) is 7.92. The molecular formula is C17H26N2O2S. The predicted octanol–water partition coefficient (Wildman–Crippen LogP) is 2.81. The van der Waals surface area contributed by atoms with Crippen LogP contribution in [0.15, 0.2) is 41.4 Å². The Balaban J connectivity index is 1.80. The summed E-state index contributed by atoms with van der Waals surface area (Å²) < 4.78 is 22.4. The summed E-state index contributed by atoms with van der Waals surface area (Å²) in [5, 5.41) is 8.52. The zero-order valence-corrected chi connectivity index (χ0v) is 14.0. The first-order chi connectivity index (χ1) is 10.4. The lowest BCUT2D eigenvalue weighted by molar-refractivity contribution is 0.305. The largest absolute Gasteiger partial charge is 0.388 e. The molecule has 0 radical (unpaired) electrons. The number of hydrogen-bond acceptors (Lipinski definition) is 3. The van der Waals surface area contributed by atoms with E-state index in [0.717, 1.165) is 30.1 Å². The van der Waals surface area contributed by atoms with Crippen LogP contribution in [-0.4, -0.2) is 15.0 Å². The molecule has 1 saturated carbocycles. The van der Waals surface area contributed by atoms with Crippen LogP contribution in [0, 0.1) is 11.8 Å². The minimum absolute atomic E-state index is 0.157. The van der Waals surface area contributed by atoms with Crippen LogP contribution in [0.4, 0.5) is 0 Å². The van der Waals surface area contributed by atoms with Gasteiger partial charge in [0.2, 0.25) is 10.0 Å². The fraction of sp³-hybridized carbons (Fsp3) is 0.529. The maximum atomic E-state index is 11.2. The smallest absolute Gasteiger partial charge is 0.238 e. The van der Waals surface area contributed by atoms with Gasteiger partial charge < -0.3 is 5.32 Å². The fourth-order valence-electron chi connectivity index (χ4n) is 3.11. The Kier molecular flexibility index (Phi) is 5.64. The summed E-state index contributed by atoms with van der Waals surface area (Å²) in [6.07, 6.45) is 5.93.